The van der Waals surface area contributed by atoms with E-state index >= 15 is 0 Å². The van der Waals surface area contributed by atoms with Gasteiger partial charge in [-0.1, -0.05) is 43.5 Å². The number of nitrogens with zero attached hydrogens (tertiary/aromatic N) is 2. The third-order valence-electron chi connectivity index (χ3n) is 5.33. The predicted octanol–water partition coefficient (Wildman–Crippen LogP) is 4.08. The molecule has 2 aromatic carbocycles. The second-order valence-corrected chi connectivity index (χ2v) is 7.18. The number of carbonyl (C=O) groups is 1. The molecule has 0 radical (unpaired) electrons. The SMILES string of the molecule is O=C(Cn1c(=O)cnc2ccccc21)Nc1ccc(C2CCCCC2)cc1. The summed E-state index contributed by atoms with van der Waals surface area (Å²) in [7, 11) is 0. The molecular formula is C22H23N3O2. The van der Waals surface area contributed by atoms with Crippen molar-refractivity contribution in [2.45, 2.75) is 44.6 Å². The Labute approximate surface area is 158 Å². The monoisotopic (exact) mass is 361 g/mol. The number of benzene rings is 2. The van der Waals surface area contributed by atoms with Crippen molar-refractivity contribution in [3.8, 4) is 0 Å². The smallest absolute Gasteiger partial charge is 0.269 e. The van der Waals surface area contributed by atoms with Gasteiger partial charge in [0.05, 0.1) is 17.2 Å². The van der Waals surface area contributed by atoms with E-state index in [1.807, 2.05) is 30.3 Å². The lowest BCUT2D eigenvalue weighted by Crippen LogP contribution is -2.27. The molecule has 27 heavy (non-hydrogen) atoms. The number of aromatic nitrogens is 2. The van der Waals surface area contributed by atoms with Gasteiger partial charge in [-0.05, 0) is 48.6 Å². The number of hydrogen-bond donors (Lipinski definition) is 1. The molecule has 1 amide bonds. The summed E-state index contributed by atoms with van der Waals surface area (Å²) in [5, 5.41) is 2.89. The highest BCUT2D eigenvalue weighted by Crippen LogP contribution is 2.32. The molecule has 1 aliphatic rings. The first kappa shape index (κ1) is 17.5. The van der Waals surface area contributed by atoms with Gasteiger partial charge in [0.15, 0.2) is 0 Å². The van der Waals surface area contributed by atoms with E-state index in [2.05, 4.69) is 22.4 Å². The van der Waals surface area contributed by atoms with Crippen LogP contribution in [0.5, 0.6) is 0 Å². The van der Waals surface area contributed by atoms with Gasteiger partial charge in [-0.3, -0.25) is 14.2 Å². The third-order valence-corrected chi connectivity index (χ3v) is 5.33. The summed E-state index contributed by atoms with van der Waals surface area (Å²) in [6.07, 6.45) is 7.71. The number of amides is 1. The largest absolute Gasteiger partial charge is 0.325 e. The first-order valence-electron chi connectivity index (χ1n) is 9.55. The maximum Gasteiger partial charge on any atom is 0.269 e. The van der Waals surface area contributed by atoms with Gasteiger partial charge < -0.3 is 5.32 Å². The fraction of sp³-hybridized carbons (Fsp3) is 0.318. The molecule has 1 aromatic heterocycles. The van der Waals surface area contributed by atoms with Crippen LogP contribution in [0.1, 0.15) is 43.6 Å². The summed E-state index contributed by atoms with van der Waals surface area (Å²) in [6, 6.07) is 15.5. The van der Waals surface area contributed by atoms with Gasteiger partial charge >= 0.3 is 0 Å². The van der Waals surface area contributed by atoms with Crippen molar-refractivity contribution in [3.63, 3.8) is 0 Å². The Kier molecular flexibility index (Phi) is 5.01. The van der Waals surface area contributed by atoms with Gasteiger partial charge in [-0.25, -0.2) is 4.98 Å². The lowest BCUT2D eigenvalue weighted by Gasteiger charge is -2.22. The number of para-hydroxylation sites is 2. The van der Waals surface area contributed by atoms with Crippen molar-refractivity contribution >= 4 is 22.6 Å². The van der Waals surface area contributed by atoms with Crippen molar-refractivity contribution in [1.82, 2.24) is 9.55 Å². The highest BCUT2D eigenvalue weighted by atomic mass is 16.2. The van der Waals surface area contributed by atoms with Gasteiger partial charge in [0.2, 0.25) is 5.91 Å². The molecule has 1 saturated carbocycles. The fourth-order valence-electron chi connectivity index (χ4n) is 3.90. The van der Waals surface area contributed by atoms with Crippen LogP contribution in [0.4, 0.5) is 5.69 Å². The van der Waals surface area contributed by atoms with E-state index in [0.717, 1.165) is 5.69 Å². The molecule has 0 saturated heterocycles. The maximum absolute atomic E-state index is 12.5. The lowest BCUT2D eigenvalue weighted by atomic mass is 9.84. The van der Waals surface area contributed by atoms with Crippen LogP contribution in [-0.4, -0.2) is 15.5 Å². The number of anilines is 1. The first-order chi connectivity index (χ1) is 13.2. The van der Waals surface area contributed by atoms with Crippen molar-refractivity contribution in [2.24, 2.45) is 0 Å². The van der Waals surface area contributed by atoms with E-state index in [1.165, 1.54) is 48.4 Å². The zero-order chi connectivity index (χ0) is 18.6. The van der Waals surface area contributed by atoms with Gasteiger partial charge in [-0.15, -0.1) is 0 Å². The van der Waals surface area contributed by atoms with E-state index in [9.17, 15) is 9.59 Å². The van der Waals surface area contributed by atoms with Gasteiger partial charge in [0.25, 0.3) is 5.56 Å². The topological polar surface area (TPSA) is 64.0 Å². The van der Waals surface area contributed by atoms with Crippen molar-refractivity contribution in [3.05, 3.63) is 70.6 Å². The minimum atomic E-state index is -0.281. The zero-order valence-corrected chi connectivity index (χ0v) is 15.2. The summed E-state index contributed by atoms with van der Waals surface area (Å²) < 4.78 is 1.45. The summed E-state index contributed by atoms with van der Waals surface area (Å²) in [5.74, 6) is 0.420. The van der Waals surface area contributed by atoms with Crippen LogP contribution in [0.25, 0.3) is 11.0 Å². The number of hydrogen-bond acceptors (Lipinski definition) is 3. The van der Waals surface area contributed by atoms with Crippen LogP contribution in [0.15, 0.2) is 59.5 Å². The average Bonchev–Trinajstić information content (AvgIpc) is 2.71. The van der Waals surface area contributed by atoms with Crippen LogP contribution in [-0.2, 0) is 11.3 Å². The summed E-state index contributed by atoms with van der Waals surface area (Å²) in [4.78, 5) is 28.8. The molecule has 0 spiro atoms. The fourth-order valence-corrected chi connectivity index (χ4v) is 3.90. The second kappa shape index (κ2) is 7.74. The van der Waals surface area contributed by atoms with Crippen molar-refractivity contribution < 1.29 is 4.79 Å². The molecule has 5 heteroatoms. The first-order valence-corrected chi connectivity index (χ1v) is 9.55. The number of nitrogens with one attached hydrogen (secondary N) is 1. The average molecular weight is 361 g/mol. The Morgan fingerprint density at radius 2 is 1.78 bits per heavy atom. The van der Waals surface area contributed by atoms with Crippen molar-refractivity contribution in [1.29, 1.82) is 0 Å². The highest BCUT2D eigenvalue weighted by molar-refractivity contribution is 5.91. The summed E-state index contributed by atoms with van der Waals surface area (Å²) in [6.45, 7) is -0.0355. The second-order valence-electron chi connectivity index (χ2n) is 7.18. The molecule has 1 fully saturated rings. The van der Waals surface area contributed by atoms with Gasteiger partial charge in [0.1, 0.15) is 6.54 Å². The molecule has 138 valence electrons. The number of rotatable bonds is 4. The normalized spacial score (nSPS) is 15.0. The Morgan fingerprint density at radius 1 is 1.04 bits per heavy atom. The van der Waals surface area contributed by atoms with E-state index in [1.54, 1.807) is 6.07 Å². The molecule has 1 heterocycles. The molecule has 1 N–H and O–H groups in total. The van der Waals surface area contributed by atoms with Crippen LogP contribution in [0, 0.1) is 0 Å². The van der Waals surface area contributed by atoms with E-state index < -0.39 is 0 Å². The minimum Gasteiger partial charge on any atom is -0.325 e. The minimum absolute atomic E-state index is 0.0355. The Hall–Kier alpha value is -2.95. The Bertz CT molecular complexity index is 1000. The van der Waals surface area contributed by atoms with Crippen LogP contribution >= 0.6 is 0 Å². The molecular weight excluding hydrogens is 338 g/mol. The summed E-state index contributed by atoms with van der Waals surface area (Å²) >= 11 is 0. The van der Waals surface area contributed by atoms with Gasteiger partial charge in [-0.2, -0.15) is 0 Å². The Morgan fingerprint density at radius 3 is 2.56 bits per heavy atom. The maximum atomic E-state index is 12.5. The molecule has 0 atom stereocenters. The molecule has 3 aromatic rings. The van der Waals surface area contributed by atoms with E-state index in [4.69, 9.17) is 0 Å². The number of fused-ring (bicyclic) bond motifs is 1. The quantitative estimate of drug-likeness (QED) is 0.761. The highest BCUT2D eigenvalue weighted by Gasteiger charge is 2.15. The standard InChI is InChI=1S/C22H23N3O2/c26-21(15-25-20-9-5-4-8-19(20)23-14-22(25)27)24-18-12-10-17(11-13-18)16-6-2-1-3-7-16/h4-5,8-14,16H,1-3,6-7,15H2,(H,24,26). The summed E-state index contributed by atoms with van der Waals surface area (Å²) in [5.41, 5.74) is 3.18. The molecule has 5 nitrogen and oxygen atoms in total. The molecule has 0 unspecified atom stereocenters. The third kappa shape index (κ3) is 3.92. The van der Waals surface area contributed by atoms with Crippen LogP contribution in [0.3, 0.4) is 0 Å². The number of carbonyl (C=O) groups excluding carboxylic acids is 1. The predicted molar refractivity (Wildman–Crippen MR) is 107 cm³/mol. The van der Waals surface area contributed by atoms with Gasteiger partial charge in [0, 0.05) is 5.69 Å². The molecule has 0 aliphatic heterocycles. The molecule has 1 aliphatic carbocycles. The molecule has 0 bridgehead atoms. The van der Waals surface area contributed by atoms with Crippen LogP contribution < -0.4 is 10.9 Å². The zero-order valence-electron chi connectivity index (χ0n) is 15.2. The van der Waals surface area contributed by atoms with Crippen molar-refractivity contribution in [2.75, 3.05) is 5.32 Å². The lowest BCUT2D eigenvalue weighted by molar-refractivity contribution is -0.116. The Balaban J connectivity index is 1.47. The van der Waals surface area contributed by atoms with Crippen LogP contribution in [0.2, 0.25) is 0 Å². The van der Waals surface area contributed by atoms with E-state index in [0.29, 0.717) is 17.0 Å². The molecule has 4 rings (SSSR count). The van der Waals surface area contributed by atoms with E-state index in [-0.39, 0.29) is 18.0 Å².